The summed E-state index contributed by atoms with van der Waals surface area (Å²) < 4.78 is 5.07. The van der Waals surface area contributed by atoms with Gasteiger partial charge >= 0.3 is 7.12 Å². The van der Waals surface area contributed by atoms with Crippen molar-refractivity contribution in [2.45, 2.75) is 19.3 Å². The molecule has 0 spiro atoms. The Kier molecular flexibility index (Phi) is 5.92. The molecular weight excluding hydrogens is 207 g/mol. The summed E-state index contributed by atoms with van der Waals surface area (Å²) in [6.45, 7) is 2.00. The van der Waals surface area contributed by atoms with Crippen molar-refractivity contribution in [3.05, 3.63) is 24.3 Å². The fourth-order valence-corrected chi connectivity index (χ4v) is 1.33. The molecule has 1 heterocycles. The predicted molar refractivity (Wildman–Crippen MR) is 62.6 cm³/mol. The summed E-state index contributed by atoms with van der Waals surface area (Å²) >= 11 is 0. The zero-order valence-electron chi connectivity index (χ0n) is 9.17. The minimum atomic E-state index is -1.46. The summed E-state index contributed by atoms with van der Waals surface area (Å²) in [5.74, 6) is 0.115. The molecular formula is C11H17BO4. The van der Waals surface area contributed by atoms with E-state index in [1.807, 2.05) is 0 Å². The molecule has 1 aliphatic rings. The summed E-state index contributed by atoms with van der Waals surface area (Å²) in [5.41, 5.74) is 0.373. The summed E-state index contributed by atoms with van der Waals surface area (Å²) in [5, 5.41) is 26.0. The maximum absolute atomic E-state index is 8.78. The van der Waals surface area contributed by atoms with Gasteiger partial charge in [0.15, 0.2) is 0 Å². The molecule has 1 aliphatic heterocycles. The summed E-state index contributed by atoms with van der Waals surface area (Å²) in [4.78, 5) is 0. The van der Waals surface area contributed by atoms with Gasteiger partial charge in [-0.25, -0.2) is 0 Å². The highest BCUT2D eigenvalue weighted by Crippen LogP contribution is 2.03. The normalized spacial score (nSPS) is 14.9. The fraction of sp³-hybridized carbons (Fsp3) is 0.455. The van der Waals surface area contributed by atoms with E-state index >= 15 is 0 Å². The third-order valence-corrected chi connectivity index (χ3v) is 2.27. The molecule has 0 aromatic heterocycles. The van der Waals surface area contributed by atoms with Crippen LogP contribution in [0.4, 0.5) is 0 Å². The van der Waals surface area contributed by atoms with Gasteiger partial charge in [-0.15, -0.1) is 0 Å². The summed E-state index contributed by atoms with van der Waals surface area (Å²) in [7, 11) is -1.46. The molecule has 16 heavy (non-hydrogen) atoms. The average molecular weight is 224 g/mol. The molecule has 0 unspecified atom stereocenters. The van der Waals surface area contributed by atoms with E-state index in [0.29, 0.717) is 5.46 Å². The Morgan fingerprint density at radius 3 is 1.81 bits per heavy atom. The van der Waals surface area contributed by atoms with E-state index in [1.54, 1.807) is 0 Å². The van der Waals surface area contributed by atoms with Crippen LogP contribution in [-0.4, -0.2) is 35.5 Å². The van der Waals surface area contributed by atoms with Crippen LogP contribution in [0.5, 0.6) is 5.75 Å². The summed E-state index contributed by atoms with van der Waals surface area (Å²) in [6, 6.07) is 5.68. The van der Waals surface area contributed by atoms with Crippen LogP contribution in [-0.2, 0) is 4.74 Å². The largest absolute Gasteiger partial charge is 0.508 e. The number of ether oxygens (including phenoxy) is 1. The molecule has 0 saturated carbocycles. The Morgan fingerprint density at radius 2 is 1.50 bits per heavy atom. The number of hydrogen-bond acceptors (Lipinski definition) is 4. The van der Waals surface area contributed by atoms with E-state index in [1.165, 1.54) is 43.5 Å². The van der Waals surface area contributed by atoms with Crippen LogP contribution in [0, 0.1) is 0 Å². The van der Waals surface area contributed by atoms with E-state index < -0.39 is 7.12 Å². The van der Waals surface area contributed by atoms with Crippen molar-refractivity contribution in [1.82, 2.24) is 0 Å². The lowest BCUT2D eigenvalue weighted by molar-refractivity contribution is 0.0968. The zero-order valence-corrected chi connectivity index (χ0v) is 9.17. The Labute approximate surface area is 95.6 Å². The zero-order chi connectivity index (χ0) is 11.8. The molecule has 1 aromatic rings. The monoisotopic (exact) mass is 224 g/mol. The van der Waals surface area contributed by atoms with Crippen LogP contribution in [0.2, 0.25) is 0 Å². The van der Waals surface area contributed by atoms with E-state index in [4.69, 9.17) is 19.9 Å². The molecule has 1 fully saturated rings. The Hall–Kier alpha value is -1.04. The topological polar surface area (TPSA) is 69.9 Å². The van der Waals surface area contributed by atoms with Crippen LogP contribution < -0.4 is 5.46 Å². The number of hydrogen-bond donors (Lipinski definition) is 3. The lowest BCUT2D eigenvalue weighted by Crippen LogP contribution is -2.29. The standard InChI is InChI=1S/C6H7BO3.C5H10O/c8-6-3-1-5(2-4-6)7(9)10;1-2-4-6-5-3-1/h1-4,8-10H;1-5H2. The van der Waals surface area contributed by atoms with Gasteiger partial charge in [-0.05, 0) is 36.9 Å². The van der Waals surface area contributed by atoms with Crippen molar-refractivity contribution in [1.29, 1.82) is 0 Å². The van der Waals surface area contributed by atoms with Crippen molar-refractivity contribution >= 4 is 12.6 Å². The van der Waals surface area contributed by atoms with Crippen molar-refractivity contribution in [2.24, 2.45) is 0 Å². The lowest BCUT2D eigenvalue weighted by atomic mass is 9.80. The van der Waals surface area contributed by atoms with E-state index in [0.717, 1.165) is 13.2 Å². The van der Waals surface area contributed by atoms with Crippen LogP contribution in [0.15, 0.2) is 24.3 Å². The van der Waals surface area contributed by atoms with E-state index in [9.17, 15) is 0 Å². The van der Waals surface area contributed by atoms with Gasteiger partial charge in [0, 0.05) is 13.2 Å². The fourth-order valence-electron chi connectivity index (χ4n) is 1.33. The minimum Gasteiger partial charge on any atom is -0.508 e. The third kappa shape index (κ3) is 5.16. The van der Waals surface area contributed by atoms with Crippen molar-refractivity contribution in [2.75, 3.05) is 13.2 Å². The first-order valence-electron chi connectivity index (χ1n) is 5.43. The van der Waals surface area contributed by atoms with E-state index in [2.05, 4.69) is 0 Å². The van der Waals surface area contributed by atoms with Crippen LogP contribution >= 0.6 is 0 Å². The number of rotatable bonds is 1. The van der Waals surface area contributed by atoms with Gasteiger partial charge in [0.25, 0.3) is 0 Å². The van der Waals surface area contributed by atoms with Gasteiger partial charge in [0.1, 0.15) is 5.75 Å². The Bertz CT molecular complexity index is 271. The van der Waals surface area contributed by atoms with Crippen molar-refractivity contribution < 1.29 is 19.9 Å². The minimum absolute atomic E-state index is 0.115. The number of benzene rings is 1. The molecule has 3 N–H and O–H groups in total. The lowest BCUT2D eigenvalue weighted by Gasteiger charge is -2.08. The van der Waals surface area contributed by atoms with Crippen LogP contribution in [0.25, 0.3) is 0 Å². The maximum atomic E-state index is 8.78. The molecule has 2 rings (SSSR count). The molecule has 5 heteroatoms. The molecule has 0 amide bonds. The second kappa shape index (κ2) is 7.27. The van der Waals surface area contributed by atoms with Crippen LogP contribution in [0.3, 0.4) is 0 Å². The molecule has 1 aromatic carbocycles. The van der Waals surface area contributed by atoms with Gasteiger partial charge in [-0.3, -0.25) is 0 Å². The highest BCUT2D eigenvalue weighted by atomic mass is 16.5. The molecule has 4 nitrogen and oxygen atoms in total. The molecule has 1 saturated heterocycles. The maximum Gasteiger partial charge on any atom is 0.488 e. The van der Waals surface area contributed by atoms with Gasteiger partial charge in [0.05, 0.1) is 0 Å². The first-order valence-corrected chi connectivity index (χ1v) is 5.43. The Balaban J connectivity index is 0.000000181. The molecule has 88 valence electrons. The highest BCUT2D eigenvalue weighted by Gasteiger charge is 2.08. The van der Waals surface area contributed by atoms with Gasteiger partial charge in [-0.1, -0.05) is 12.1 Å². The molecule has 0 aliphatic carbocycles. The first kappa shape index (κ1) is 13.0. The highest BCUT2D eigenvalue weighted by molar-refractivity contribution is 6.58. The average Bonchev–Trinajstić information content (AvgIpc) is 2.32. The van der Waals surface area contributed by atoms with Crippen molar-refractivity contribution in [3.8, 4) is 5.75 Å². The van der Waals surface area contributed by atoms with Gasteiger partial charge < -0.3 is 19.9 Å². The SMILES string of the molecule is C1CCOCC1.OB(O)c1ccc(O)cc1. The third-order valence-electron chi connectivity index (χ3n) is 2.27. The van der Waals surface area contributed by atoms with E-state index in [-0.39, 0.29) is 5.75 Å². The number of aromatic hydroxyl groups is 1. The summed E-state index contributed by atoms with van der Waals surface area (Å²) in [6.07, 6.45) is 3.93. The van der Waals surface area contributed by atoms with Crippen molar-refractivity contribution in [3.63, 3.8) is 0 Å². The number of phenolic OH excluding ortho intramolecular Hbond substituents is 1. The molecule has 0 radical (unpaired) electrons. The Morgan fingerprint density at radius 1 is 0.938 bits per heavy atom. The second-order valence-electron chi connectivity index (χ2n) is 3.64. The van der Waals surface area contributed by atoms with Gasteiger partial charge in [-0.2, -0.15) is 0 Å². The second-order valence-corrected chi connectivity index (χ2v) is 3.64. The molecule has 0 bridgehead atoms. The quantitative estimate of drug-likeness (QED) is 0.598. The van der Waals surface area contributed by atoms with Crippen LogP contribution in [0.1, 0.15) is 19.3 Å². The number of phenols is 1. The molecule has 0 atom stereocenters. The van der Waals surface area contributed by atoms with Gasteiger partial charge in [0.2, 0.25) is 0 Å². The first-order chi connectivity index (χ1) is 7.70. The predicted octanol–water partition coefficient (Wildman–Crippen LogP) is 0.259. The smallest absolute Gasteiger partial charge is 0.488 e.